The first-order valence-corrected chi connectivity index (χ1v) is 9.28. The summed E-state index contributed by atoms with van der Waals surface area (Å²) >= 11 is 5.86. The molecule has 1 aliphatic heterocycles. The minimum Gasteiger partial charge on any atom is -0.354 e. The standard InChI is InChI=1S/C19H21ClN6/c20-13-16-1-3-17(4-2-16)14-24-9-11-25(12-10-24)18-5-6-22-19(23-18)26-8-7-21-15-26/h1-8,15H,9-14H2. The largest absolute Gasteiger partial charge is 0.354 e. The Kier molecular flexibility index (Phi) is 5.13. The van der Waals surface area contributed by atoms with Crippen LogP contribution in [0.2, 0.25) is 0 Å². The molecule has 0 aliphatic carbocycles. The first kappa shape index (κ1) is 17.0. The molecule has 1 aliphatic rings. The summed E-state index contributed by atoms with van der Waals surface area (Å²) in [4.78, 5) is 17.8. The number of aromatic nitrogens is 4. The molecule has 0 bridgehead atoms. The Morgan fingerprint density at radius 3 is 2.38 bits per heavy atom. The van der Waals surface area contributed by atoms with E-state index in [2.05, 4.69) is 49.0 Å². The van der Waals surface area contributed by atoms with Gasteiger partial charge in [-0.1, -0.05) is 24.3 Å². The maximum Gasteiger partial charge on any atom is 0.236 e. The van der Waals surface area contributed by atoms with Crippen LogP contribution >= 0.6 is 11.6 Å². The third-order valence-electron chi connectivity index (χ3n) is 4.64. The number of hydrogen-bond donors (Lipinski definition) is 0. The fourth-order valence-corrected chi connectivity index (χ4v) is 3.32. The van der Waals surface area contributed by atoms with E-state index in [1.165, 1.54) is 5.56 Å². The molecular formula is C19H21ClN6. The van der Waals surface area contributed by atoms with Gasteiger partial charge >= 0.3 is 0 Å². The Bertz CT molecular complexity index is 826. The highest BCUT2D eigenvalue weighted by molar-refractivity contribution is 6.17. The number of imidazole rings is 1. The van der Waals surface area contributed by atoms with Crippen molar-refractivity contribution in [3.63, 3.8) is 0 Å². The molecule has 134 valence electrons. The molecule has 26 heavy (non-hydrogen) atoms. The molecular weight excluding hydrogens is 348 g/mol. The summed E-state index contributed by atoms with van der Waals surface area (Å²) in [6.07, 6.45) is 7.11. The summed E-state index contributed by atoms with van der Waals surface area (Å²) in [6.45, 7) is 4.92. The van der Waals surface area contributed by atoms with Gasteiger partial charge in [-0.15, -0.1) is 11.6 Å². The molecule has 0 spiro atoms. The molecule has 1 saturated heterocycles. The van der Waals surface area contributed by atoms with Crippen molar-refractivity contribution in [1.82, 2.24) is 24.4 Å². The van der Waals surface area contributed by atoms with E-state index in [0.29, 0.717) is 11.8 Å². The van der Waals surface area contributed by atoms with Crippen LogP contribution in [0.3, 0.4) is 0 Å². The number of rotatable bonds is 5. The summed E-state index contributed by atoms with van der Waals surface area (Å²) < 4.78 is 1.82. The van der Waals surface area contributed by atoms with E-state index in [0.717, 1.165) is 44.1 Å². The fourth-order valence-electron chi connectivity index (χ4n) is 3.14. The third kappa shape index (κ3) is 3.86. The lowest BCUT2D eigenvalue weighted by atomic mass is 10.1. The summed E-state index contributed by atoms with van der Waals surface area (Å²) in [5.74, 6) is 2.19. The van der Waals surface area contributed by atoms with E-state index in [9.17, 15) is 0 Å². The Balaban J connectivity index is 1.36. The van der Waals surface area contributed by atoms with E-state index < -0.39 is 0 Å². The first-order chi connectivity index (χ1) is 12.8. The molecule has 0 unspecified atom stereocenters. The van der Waals surface area contributed by atoms with Crippen LogP contribution in [0, 0.1) is 0 Å². The minimum atomic E-state index is 0.568. The number of hydrogen-bond acceptors (Lipinski definition) is 5. The van der Waals surface area contributed by atoms with E-state index in [1.807, 2.05) is 23.0 Å². The number of benzene rings is 1. The molecule has 0 amide bonds. The number of nitrogens with zero attached hydrogens (tertiary/aromatic N) is 6. The van der Waals surface area contributed by atoms with Gasteiger partial charge in [0.2, 0.25) is 5.95 Å². The maximum atomic E-state index is 5.86. The minimum absolute atomic E-state index is 0.568. The van der Waals surface area contributed by atoms with Crippen LogP contribution in [0.5, 0.6) is 0 Å². The van der Waals surface area contributed by atoms with Crippen molar-refractivity contribution in [2.24, 2.45) is 0 Å². The molecule has 0 N–H and O–H groups in total. The summed E-state index contributed by atoms with van der Waals surface area (Å²) in [5.41, 5.74) is 2.49. The maximum absolute atomic E-state index is 5.86. The predicted molar refractivity (Wildman–Crippen MR) is 103 cm³/mol. The molecule has 1 fully saturated rings. The zero-order valence-corrected chi connectivity index (χ0v) is 15.3. The highest BCUT2D eigenvalue weighted by Gasteiger charge is 2.18. The van der Waals surface area contributed by atoms with Crippen LogP contribution in [-0.4, -0.2) is 50.6 Å². The normalized spacial score (nSPS) is 15.3. The lowest BCUT2D eigenvalue weighted by Crippen LogP contribution is -2.46. The van der Waals surface area contributed by atoms with Gasteiger partial charge in [0.15, 0.2) is 0 Å². The smallest absolute Gasteiger partial charge is 0.236 e. The van der Waals surface area contributed by atoms with Crippen molar-refractivity contribution in [1.29, 1.82) is 0 Å². The van der Waals surface area contributed by atoms with Gasteiger partial charge in [-0.25, -0.2) is 9.97 Å². The second-order valence-electron chi connectivity index (χ2n) is 6.40. The van der Waals surface area contributed by atoms with Gasteiger partial charge in [0.05, 0.1) is 0 Å². The van der Waals surface area contributed by atoms with Crippen LogP contribution in [-0.2, 0) is 12.4 Å². The van der Waals surface area contributed by atoms with E-state index in [4.69, 9.17) is 11.6 Å². The van der Waals surface area contributed by atoms with E-state index >= 15 is 0 Å². The third-order valence-corrected chi connectivity index (χ3v) is 4.95. The monoisotopic (exact) mass is 368 g/mol. The average Bonchev–Trinajstić information content (AvgIpc) is 3.24. The van der Waals surface area contributed by atoms with E-state index in [1.54, 1.807) is 12.5 Å². The van der Waals surface area contributed by atoms with Crippen LogP contribution in [0.4, 0.5) is 5.82 Å². The topological polar surface area (TPSA) is 50.1 Å². The fraction of sp³-hybridized carbons (Fsp3) is 0.316. The molecule has 2 aromatic heterocycles. The quantitative estimate of drug-likeness (QED) is 0.648. The molecule has 3 aromatic rings. The second kappa shape index (κ2) is 7.85. The van der Waals surface area contributed by atoms with Crippen LogP contribution in [0.1, 0.15) is 11.1 Å². The molecule has 0 radical (unpaired) electrons. The molecule has 7 heteroatoms. The van der Waals surface area contributed by atoms with Crippen LogP contribution in [0.15, 0.2) is 55.2 Å². The van der Waals surface area contributed by atoms with Crippen molar-refractivity contribution in [2.75, 3.05) is 31.1 Å². The number of anilines is 1. The Labute approximate surface area is 158 Å². The van der Waals surface area contributed by atoms with E-state index in [-0.39, 0.29) is 0 Å². The lowest BCUT2D eigenvalue weighted by Gasteiger charge is -2.35. The van der Waals surface area contributed by atoms with Crippen molar-refractivity contribution in [3.8, 4) is 5.95 Å². The Morgan fingerprint density at radius 1 is 0.923 bits per heavy atom. The molecule has 3 heterocycles. The Hall–Kier alpha value is -2.44. The Morgan fingerprint density at radius 2 is 1.69 bits per heavy atom. The van der Waals surface area contributed by atoms with Gasteiger partial charge < -0.3 is 4.90 Å². The van der Waals surface area contributed by atoms with Crippen LogP contribution in [0.25, 0.3) is 5.95 Å². The van der Waals surface area contributed by atoms with Crippen LogP contribution < -0.4 is 4.90 Å². The predicted octanol–water partition coefficient (Wildman–Crippen LogP) is 2.72. The highest BCUT2D eigenvalue weighted by atomic mass is 35.5. The second-order valence-corrected chi connectivity index (χ2v) is 6.67. The lowest BCUT2D eigenvalue weighted by molar-refractivity contribution is 0.249. The van der Waals surface area contributed by atoms with Gasteiger partial charge in [-0.2, -0.15) is 4.98 Å². The SMILES string of the molecule is ClCc1ccc(CN2CCN(c3ccnc(-n4ccnc4)n3)CC2)cc1. The first-order valence-electron chi connectivity index (χ1n) is 8.74. The molecule has 0 atom stereocenters. The van der Waals surface area contributed by atoms with Gasteiger partial charge in [0.25, 0.3) is 0 Å². The van der Waals surface area contributed by atoms with Crippen molar-refractivity contribution in [3.05, 3.63) is 66.4 Å². The van der Waals surface area contributed by atoms with Crippen molar-refractivity contribution < 1.29 is 0 Å². The van der Waals surface area contributed by atoms with Gasteiger partial charge in [-0.3, -0.25) is 9.47 Å². The van der Waals surface area contributed by atoms with Crippen molar-refractivity contribution >= 4 is 17.4 Å². The number of alkyl halides is 1. The zero-order chi connectivity index (χ0) is 17.8. The average molecular weight is 369 g/mol. The van der Waals surface area contributed by atoms with Gasteiger partial charge in [0, 0.05) is 57.2 Å². The molecule has 0 saturated carbocycles. The van der Waals surface area contributed by atoms with Gasteiger partial charge in [0.1, 0.15) is 12.1 Å². The zero-order valence-electron chi connectivity index (χ0n) is 14.5. The van der Waals surface area contributed by atoms with Gasteiger partial charge in [-0.05, 0) is 17.2 Å². The summed E-state index contributed by atoms with van der Waals surface area (Å²) in [5, 5.41) is 0. The molecule has 1 aromatic carbocycles. The molecule has 6 nitrogen and oxygen atoms in total. The summed E-state index contributed by atoms with van der Waals surface area (Å²) in [6, 6.07) is 10.5. The van der Waals surface area contributed by atoms with Crippen molar-refractivity contribution in [2.45, 2.75) is 12.4 Å². The summed E-state index contributed by atoms with van der Waals surface area (Å²) in [7, 11) is 0. The highest BCUT2D eigenvalue weighted by Crippen LogP contribution is 2.16. The molecule has 4 rings (SSSR count). The number of piperazine rings is 1. The number of halogens is 1.